The number of nitrogens with one attached hydrogen (secondary N) is 1. The van der Waals surface area contributed by atoms with Crippen LogP contribution in [-0.2, 0) is 10.7 Å². The number of hydrogen-bond donors (Lipinski definition) is 2. The topological polar surface area (TPSA) is 84.1 Å². The van der Waals surface area contributed by atoms with Gasteiger partial charge >= 0.3 is 0 Å². The number of carbonyl (C=O) groups is 1. The Bertz CT molecular complexity index is 1020. The molecule has 1 aromatic heterocycles. The lowest BCUT2D eigenvalue weighted by Crippen LogP contribution is -2.39. The summed E-state index contributed by atoms with van der Waals surface area (Å²) in [6, 6.07) is 3.00. The summed E-state index contributed by atoms with van der Waals surface area (Å²) in [4.78, 5) is 21.8. The number of carbonyl (C=O) groups excluding carboxylic acids is 1. The number of anilines is 2. The summed E-state index contributed by atoms with van der Waals surface area (Å²) < 4.78 is 42.8. The van der Waals surface area contributed by atoms with Gasteiger partial charge < -0.3 is 16.0 Å². The highest BCUT2D eigenvalue weighted by atomic mass is 35.5. The zero-order valence-electron chi connectivity index (χ0n) is 19.1. The maximum absolute atomic E-state index is 15.5. The first kappa shape index (κ1) is 25.1. The molecular formula is C23H29ClF3N5O. The van der Waals surface area contributed by atoms with Crippen LogP contribution in [-0.4, -0.2) is 28.5 Å². The lowest BCUT2D eigenvalue weighted by Gasteiger charge is -2.29. The predicted octanol–water partition coefficient (Wildman–Crippen LogP) is 5.42. The van der Waals surface area contributed by atoms with E-state index in [1.165, 1.54) is 18.5 Å². The zero-order valence-corrected chi connectivity index (χ0v) is 19.9. The fourth-order valence-corrected chi connectivity index (χ4v) is 4.38. The van der Waals surface area contributed by atoms with E-state index >= 15 is 4.39 Å². The van der Waals surface area contributed by atoms with Gasteiger partial charge in [-0.3, -0.25) is 4.79 Å². The number of rotatable bonds is 7. The molecule has 180 valence electrons. The molecule has 1 saturated heterocycles. The molecule has 33 heavy (non-hydrogen) atoms. The first-order chi connectivity index (χ1) is 15.3. The second kappa shape index (κ2) is 9.37. The third kappa shape index (κ3) is 5.88. The van der Waals surface area contributed by atoms with E-state index in [0.717, 1.165) is 13.3 Å². The van der Waals surface area contributed by atoms with Gasteiger partial charge in [-0.25, -0.2) is 18.7 Å². The Morgan fingerprint density at radius 2 is 2.00 bits per heavy atom. The molecule has 0 bridgehead atoms. The molecule has 2 heterocycles. The molecule has 0 aliphatic carbocycles. The quantitative estimate of drug-likeness (QED) is 0.549. The highest BCUT2D eigenvalue weighted by Crippen LogP contribution is 2.41. The van der Waals surface area contributed by atoms with Crippen LogP contribution in [0.5, 0.6) is 0 Å². The summed E-state index contributed by atoms with van der Waals surface area (Å²) in [6.07, 6.45) is 3.00. The van der Waals surface area contributed by atoms with E-state index in [1.54, 1.807) is 11.0 Å². The number of aromatic nitrogens is 2. The molecule has 2 aromatic rings. The second-order valence-corrected chi connectivity index (χ2v) is 10.1. The SMILES string of the molecule is CC(C)(C)CC(Nc1ncnc(N2CCCC2c2ccc(C(C)(F)F)cc2Cl)c1F)C(N)=O. The van der Waals surface area contributed by atoms with Gasteiger partial charge in [0.1, 0.15) is 12.4 Å². The Morgan fingerprint density at radius 3 is 2.58 bits per heavy atom. The average Bonchev–Trinajstić information content (AvgIpc) is 3.16. The maximum atomic E-state index is 15.5. The van der Waals surface area contributed by atoms with Crippen molar-refractivity contribution in [2.75, 3.05) is 16.8 Å². The Hall–Kier alpha value is -2.55. The molecule has 1 fully saturated rings. The van der Waals surface area contributed by atoms with Crippen molar-refractivity contribution in [1.29, 1.82) is 0 Å². The van der Waals surface area contributed by atoms with Crippen LogP contribution in [0.4, 0.5) is 24.8 Å². The van der Waals surface area contributed by atoms with Crippen molar-refractivity contribution in [3.05, 3.63) is 46.5 Å². The van der Waals surface area contributed by atoms with Gasteiger partial charge in [0.05, 0.1) is 6.04 Å². The van der Waals surface area contributed by atoms with E-state index in [2.05, 4.69) is 15.3 Å². The molecular weight excluding hydrogens is 455 g/mol. The smallest absolute Gasteiger partial charge is 0.270 e. The molecule has 6 nitrogen and oxygen atoms in total. The van der Waals surface area contributed by atoms with E-state index in [1.807, 2.05) is 20.8 Å². The Balaban J connectivity index is 1.91. The lowest BCUT2D eigenvalue weighted by atomic mass is 9.88. The summed E-state index contributed by atoms with van der Waals surface area (Å²) >= 11 is 6.35. The zero-order chi connectivity index (χ0) is 24.6. The number of hydrogen-bond acceptors (Lipinski definition) is 5. The summed E-state index contributed by atoms with van der Waals surface area (Å²) in [6.45, 7) is 7.16. The number of amides is 1. The van der Waals surface area contributed by atoms with Crippen molar-refractivity contribution in [3.8, 4) is 0 Å². The van der Waals surface area contributed by atoms with Crippen LogP contribution in [0.1, 0.15) is 64.1 Å². The average molecular weight is 484 g/mol. The molecule has 3 rings (SSSR count). The Morgan fingerprint density at radius 1 is 1.30 bits per heavy atom. The van der Waals surface area contributed by atoms with Gasteiger partial charge in [0.2, 0.25) is 11.7 Å². The lowest BCUT2D eigenvalue weighted by molar-refractivity contribution is -0.119. The minimum Gasteiger partial charge on any atom is -0.368 e. The number of primary amides is 1. The monoisotopic (exact) mass is 483 g/mol. The molecule has 1 aliphatic heterocycles. The predicted molar refractivity (Wildman–Crippen MR) is 123 cm³/mol. The van der Waals surface area contributed by atoms with E-state index < -0.39 is 23.7 Å². The first-order valence-corrected chi connectivity index (χ1v) is 11.2. The van der Waals surface area contributed by atoms with E-state index in [-0.39, 0.29) is 33.7 Å². The molecule has 2 unspecified atom stereocenters. The Labute approximate surface area is 196 Å². The molecule has 1 amide bonds. The normalized spacial score (nSPS) is 17.8. The second-order valence-electron chi connectivity index (χ2n) is 9.70. The van der Waals surface area contributed by atoms with Crippen LogP contribution in [0.15, 0.2) is 24.5 Å². The summed E-state index contributed by atoms with van der Waals surface area (Å²) in [5.41, 5.74) is 5.73. The largest absolute Gasteiger partial charge is 0.368 e. The van der Waals surface area contributed by atoms with Crippen molar-refractivity contribution >= 4 is 29.1 Å². The van der Waals surface area contributed by atoms with Crippen LogP contribution < -0.4 is 16.0 Å². The highest BCUT2D eigenvalue weighted by molar-refractivity contribution is 6.31. The van der Waals surface area contributed by atoms with Crippen molar-refractivity contribution in [2.45, 2.75) is 65.0 Å². The highest BCUT2D eigenvalue weighted by Gasteiger charge is 2.33. The maximum Gasteiger partial charge on any atom is 0.270 e. The minimum absolute atomic E-state index is 0.0509. The minimum atomic E-state index is -3.01. The number of nitrogens with zero attached hydrogens (tertiary/aromatic N) is 3. The number of nitrogens with two attached hydrogens (primary N) is 1. The van der Waals surface area contributed by atoms with Crippen LogP contribution in [0, 0.1) is 11.2 Å². The molecule has 0 saturated carbocycles. The Kier molecular flexibility index (Phi) is 7.12. The van der Waals surface area contributed by atoms with Gasteiger partial charge in [-0.15, -0.1) is 0 Å². The summed E-state index contributed by atoms with van der Waals surface area (Å²) in [7, 11) is 0. The van der Waals surface area contributed by atoms with Gasteiger partial charge in [-0.05, 0) is 36.3 Å². The van der Waals surface area contributed by atoms with Gasteiger partial charge in [0.15, 0.2) is 11.6 Å². The third-order valence-corrected chi connectivity index (χ3v) is 5.96. The third-order valence-electron chi connectivity index (χ3n) is 5.63. The molecule has 10 heteroatoms. The van der Waals surface area contributed by atoms with Crippen molar-refractivity contribution in [1.82, 2.24) is 9.97 Å². The fraction of sp³-hybridized carbons (Fsp3) is 0.522. The van der Waals surface area contributed by atoms with Crippen LogP contribution in [0.2, 0.25) is 5.02 Å². The summed E-state index contributed by atoms with van der Waals surface area (Å²) in [5, 5.41) is 3.01. The molecule has 1 aliphatic rings. The van der Waals surface area contributed by atoms with Crippen molar-refractivity contribution in [3.63, 3.8) is 0 Å². The molecule has 3 N–H and O–H groups in total. The number of benzene rings is 1. The van der Waals surface area contributed by atoms with Crippen molar-refractivity contribution < 1.29 is 18.0 Å². The van der Waals surface area contributed by atoms with E-state index in [4.69, 9.17) is 17.3 Å². The van der Waals surface area contributed by atoms with Gasteiger partial charge in [0.25, 0.3) is 5.92 Å². The molecule has 1 aromatic carbocycles. The van der Waals surface area contributed by atoms with Crippen LogP contribution in [0.3, 0.4) is 0 Å². The van der Waals surface area contributed by atoms with E-state index in [0.29, 0.717) is 24.9 Å². The molecule has 2 atom stereocenters. The fourth-order valence-electron chi connectivity index (χ4n) is 4.08. The van der Waals surface area contributed by atoms with Crippen LogP contribution in [0.25, 0.3) is 0 Å². The number of halogens is 4. The summed E-state index contributed by atoms with van der Waals surface area (Å²) in [5.74, 6) is -4.40. The van der Waals surface area contributed by atoms with Gasteiger partial charge in [0, 0.05) is 24.1 Å². The number of alkyl halides is 2. The van der Waals surface area contributed by atoms with E-state index in [9.17, 15) is 13.6 Å². The van der Waals surface area contributed by atoms with Crippen molar-refractivity contribution in [2.24, 2.45) is 11.1 Å². The standard InChI is InChI=1S/C23H29ClF3N5O/c1-22(2,3)11-16(19(28)33)31-20-18(25)21(30-12-29-20)32-9-5-6-17(32)14-8-7-13(10-15(14)24)23(4,26)27/h7-8,10,12,16-17H,5-6,9,11H2,1-4H3,(H2,28,33)(H,29,30,31). The van der Waals surface area contributed by atoms with Gasteiger partial charge in [-0.1, -0.05) is 44.5 Å². The first-order valence-electron chi connectivity index (χ1n) is 10.8. The van der Waals surface area contributed by atoms with Gasteiger partial charge in [-0.2, -0.15) is 4.39 Å². The van der Waals surface area contributed by atoms with Crippen LogP contribution >= 0.6 is 11.6 Å². The molecule has 0 spiro atoms. The molecule has 0 radical (unpaired) electrons.